The topological polar surface area (TPSA) is 61.5 Å². The predicted octanol–water partition coefficient (Wildman–Crippen LogP) is 3.68. The summed E-state index contributed by atoms with van der Waals surface area (Å²) in [5.74, 6) is -0.0199. The van der Waals surface area contributed by atoms with Crippen LogP contribution in [0.15, 0.2) is 42.5 Å². The normalized spacial score (nSPS) is 10.2. The van der Waals surface area contributed by atoms with Crippen molar-refractivity contribution in [2.45, 2.75) is 13.5 Å². The van der Waals surface area contributed by atoms with Gasteiger partial charge in [0.05, 0.1) is 6.61 Å². The van der Waals surface area contributed by atoms with Gasteiger partial charge in [0.25, 0.3) is 0 Å². The van der Waals surface area contributed by atoms with Crippen molar-refractivity contribution >= 4 is 23.3 Å². The van der Waals surface area contributed by atoms with Crippen LogP contribution in [0.2, 0.25) is 5.02 Å². The van der Waals surface area contributed by atoms with Crippen molar-refractivity contribution in [3.63, 3.8) is 0 Å². The number of anilines is 1. The molecule has 2 N–H and O–H groups in total. The molecule has 0 amide bonds. The summed E-state index contributed by atoms with van der Waals surface area (Å²) in [7, 11) is 0. The number of nitrogen functional groups attached to an aromatic ring is 1. The molecule has 110 valence electrons. The number of carbonyl (C=O) groups is 1. The minimum Gasteiger partial charge on any atom is -0.488 e. The fourth-order valence-electron chi connectivity index (χ4n) is 1.83. The van der Waals surface area contributed by atoms with Gasteiger partial charge in [0.2, 0.25) is 0 Å². The Labute approximate surface area is 128 Å². The smallest absolute Gasteiger partial charge is 0.341 e. The molecule has 0 atom stereocenters. The molecular formula is C16H16ClNO3. The van der Waals surface area contributed by atoms with Crippen LogP contribution >= 0.6 is 11.6 Å². The number of esters is 1. The van der Waals surface area contributed by atoms with E-state index in [0.717, 1.165) is 5.56 Å². The Bertz CT molecular complexity index is 643. The minimum absolute atomic E-state index is 0.293. The van der Waals surface area contributed by atoms with Crippen molar-refractivity contribution in [1.82, 2.24) is 0 Å². The van der Waals surface area contributed by atoms with Gasteiger partial charge < -0.3 is 15.2 Å². The Morgan fingerprint density at radius 2 is 2.05 bits per heavy atom. The van der Waals surface area contributed by atoms with E-state index in [1.54, 1.807) is 31.2 Å². The molecule has 0 spiro atoms. The number of nitrogens with two attached hydrogens (primary N) is 1. The zero-order valence-corrected chi connectivity index (χ0v) is 12.4. The number of benzene rings is 2. The Kier molecular flexibility index (Phi) is 5.06. The van der Waals surface area contributed by atoms with E-state index in [0.29, 0.717) is 35.2 Å². The zero-order chi connectivity index (χ0) is 15.2. The number of carbonyl (C=O) groups excluding carboxylic acids is 1. The highest BCUT2D eigenvalue weighted by Gasteiger charge is 2.14. The molecule has 0 unspecified atom stereocenters. The number of rotatable bonds is 5. The molecule has 21 heavy (non-hydrogen) atoms. The molecule has 2 aromatic rings. The molecule has 0 aliphatic heterocycles. The predicted molar refractivity (Wildman–Crippen MR) is 82.6 cm³/mol. The van der Waals surface area contributed by atoms with Gasteiger partial charge in [-0.25, -0.2) is 4.79 Å². The van der Waals surface area contributed by atoms with Crippen molar-refractivity contribution in [2.24, 2.45) is 0 Å². The Morgan fingerprint density at radius 3 is 2.76 bits per heavy atom. The average molecular weight is 306 g/mol. The highest BCUT2D eigenvalue weighted by Crippen LogP contribution is 2.24. The third kappa shape index (κ3) is 4.13. The van der Waals surface area contributed by atoms with E-state index in [1.165, 1.54) is 0 Å². The van der Waals surface area contributed by atoms with Crippen LogP contribution in [-0.2, 0) is 11.3 Å². The van der Waals surface area contributed by atoms with E-state index >= 15 is 0 Å². The lowest BCUT2D eigenvalue weighted by Gasteiger charge is -2.11. The van der Waals surface area contributed by atoms with Gasteiger partial charge in [-0.1, -0.05) is 23.7 Å². The van der Waals surface area contributed by atoms with Crippen LogP contribution in [-0.4, -0.2) is 12.6 Å². The Hall–Kier alpha value is -2.20. The molecule has 0 radical (unpaired) electrons. The van der Waals surface area contributed by atoms with Crippen LogP contribution in [0.5, 0.6) is 5.75 Å². The second-order valence-corrected chi connectivity index (χ2v) is 4.83. The van der Waals surface area contributed by atoms with Crippen molar-refractivity contribution in [3.05, 3.63) is 58.6 Å². The van der Waals surface area contributed by atoms with Crippen LogP contribution in [0.3, 0.4) is 0 Å². The lowest BCUT2D eigenvalue weighted by molar-refractivity contribution is 0.0521. The second-order valence-electron chi connectivity index (χ2n) is 4.39. The van der Waals surface area contributed by atoms with Gasteiger partial charge in [0, 0.05) is 10.7 Å². The average Bonchev–Trinajstić information content (AvgIpc) is 2.46. The van der Waals surface area contributed by atoms with Gasteiger partial charge in [-0.05, 0) is 42.8 Å². The molecule has 0 saturated heterocycles. The second kappa shape index (κ2) is 6.99. The first-order valence-corrected chi connectivity index (χ1v) is 6.92. The molecule has 2 aromatic carbocycles. The first-order valence-electron chi connectivity index (χ1n) is 6.54. The van der Waals surface area contributed by atoms with Crippen molar-refractivity contribution < 1.29 is 14.3 Å². The maximum atomic E-state index is 11.9. The largest absolute Gasteiger partial charge is 0.488 e. The SMILES string of the molecule is CCOC(=O)c1cc(N)ccc1OCc1cccc(Cl)c1. The number of hydrogen-bond acceptors (Lipinski definition) is 4. The molecule has 0 aliphatic carbocycles. The van der Waals surface area contributed by atoms with E-state index in [9.17, 15) is 4.79 Å². The standard InChI is InChI=1S/C16H16ClNO3/c1-2-20-16(19)14-9-13(18)6-7-15(14)21-10-11-4-3-5-12(17)8-11/h3-9H,2,10,18H2,1H3. The van der Waals surface area contributed by atoms with Crippen molar-refractivity contribution in [1.29, 1.82) is 0 Å². The van der Waals surface area contributed by atoms with Gasteiger partial charge in [-0.3, -0.25) is 0 Å². The molecule has 0 bridgehead atoms. The highest BCUT2D eigenvalue weighted by molar-refractivity contribution is 6.30. The molecule has 4 nitrogen and oxygen atoms in total. The zero-order valence-electron chi connectivity index (χ0n) is 11.6. The summed E-state index contributed by atoms with van der Waals surface area (Å²) in [6.45, 7) is 2.34. The molecule has 0 heterocycles. The lowest BCUT2D eigenvalue weighted by Crippen LogP contribution is -2.08. The third-order valence-electron chi connectivity index (χ3n) is 2.78. The van der Waals surface area contributed by atoms with E-state index in [2.05, 4.69) is 0 Å². The van der Waals surface area contributed by atoms with E-state index < -0.39 is 5.97 Å². The summed E-state index contributed by atoms with van der Waals surface area (Å²) in [5.41, 5.74) is 7.42. The quantitative estimate of drug-likeness (QED) is 0.676. The highest BCUT2D eigenvalue weighted by atomic mass is 35.5. The van der Waals surface area contributed by atoms with Crippen molar-refractivity contribution in [2.75, 3.05) is 12.3 Å². The molecule has 2 rings (SSSR count). The van der Waals surface area contributed by atoms with Crippen LogP contribution in [0.1, 0.15) is 22.8 Å². The van der Waals surface area contributed by atoms with Gasteiger partial charge in [-0.2, -0.15) is 0 Å². The number of halogens is 1. The fourth-order valence-corrected chi connectivity index (χ4v) is 2.04. The first kappa shape index (κ1) is 15.2. The van der Waals surface area contributed by atoms with Crippen LogP contribution in [0.4, 0.5) is 5.69 Å². The molecule has 0 fully saturated rings. The molecule has 5 heteroatoms. The maximum Gasteiger partial charge on any atom is 0.341 e. The van der Waals surface area contributed by atoms with Crippen LogP contribution < -0.4 is 10.5 Å². The van der Waals surface area contributed by atoms with Gasteiger partial charge in [0.15, 0.2) is 0 Å². The van der Waals surface area contributed by atoms with Crippen LogP contribution in [0, 0.1) is 0 Å². The number of hydrogen-bond donors (Lipinski definition) is 1. The van der Waals surface area contributed by atoms with Crippen LogP contribution in [0.25, 0.3) is 0 Å². The Morgan fingerprint density at radius 1 is 1.24 bits per heavy atom. The minimum atomic E-state index is -0.453. The summed E-state index contributed by atoms with van der Waals surface area (Å²) in [6.07, 6.45) is 0. The van der Waals surface area contributed by atoms with E-state index in [-0.39, 0.29) is 0 Å². The fraction of sp³-hybridized carbons (Fsp3) is 0.188. The molecular weight excluding hydrogens is 290 g/mol. The monoisotopic (exact) mass is 305 g/mol. The maximum absolute atomic E-state index is 11.9. The summed E-state index contributed by atoms with van der Waals surface area (Å²) < 4.78 is 10.7. The van der Waals surface area contributed by atoms with Gasteiger partial charge in [0.1, 0.15) is 17.9 Å². The van der Waals surface area contributed by atoms with Gasteiger partial charge in [-0.15, -0.1) is 0 Å². The summed E-state index contributed by atoms with van der Waals surface area (Å²) >= 11 is 5.92. The molecule has 0 saturated carbocycles. The molecule has 0 aromatic heterocycles. The summed E-state index contributed by atoms with van der Waals surface area (Å²) in [4.78, 5) is 11.9. The lowest BCUT2D eigenvalue weighted by atomic mass is 10.1. The number of ether oxygens (including phenoxy) is 2. The van der Waals surface area contributed by atoms with Gasteiger partial charge >= 0.3 is 5.97 Å². The van der Waals surface area contributed by atoms with Crippen molar-refractivity contribution in [3.8, 4) is 5.75 Å². The third-order valence-corrected chi connectivity index (χ3v) is 3.02. The van der Waals surface area contributed by atoms with E-state index in [4.69, 9.17) is 26.8 Å². The first-order chi connectivity index (χ1) is 10.1. The molecule has 0 aliphatic rings. The Balaban J connectivity index is 2.17. The summed E-state index contributed by atoms with van der Waals surface area (Å²) in [6, 6.07) is 12.2. The van der Waals surface area contributed by atoms with E-state index in [1.807, 2.05) is 18.2 Å². The summed E-state index contributed by atoms with van der Waals surface area (Å²) in [5, 5.41) is 0.638.